The van der Waals surface area contributed by atoms with E-state index in [1.165, 1.54) is 12.1 Å². The number of hydrogen-bond acceptors (Lipinski definition) is 5. The van der Waals surface area contributed by atoms with Gasteiger partial charge in [-0.3, -0.25) is 10.1 Å². The molecule has 2 N–H and O–H groups in total. The van der Waals surface area contributed by atoms with Crippen LogP contribution < -0.4 is 5.73 Å². The summed E-state index contributed by atoms with van der Waals surface area (Å²) in [5, 5.41) is 13.6. The lowest BCUT2D eigenvalue weighted by Crippen LogP contribution is -2.13. The van der Waals surface area contributed by atoms with E-state index in [9.17, 15) is 10.1 Å². The summed E-state index contributed by atoms with van der Waals surface area (Å²) in [6.07, 6.45) is 0.897. The quantitative estimate of drug-likeness (QED) is 0.673. The number of thiazole rings is 1. The fourth-order valence-corrected chi connectivity index (χ4v) is 2.90. The lowest BCUT2D eigenvalue weighted by molar-refractivity contribution is -0.384. The molecule has 0 aliphatic heterocycles. The highest BCUT2D eigenvalue weighted by molar-refractivity contribution is 7.09. The normalized spacial score (nSPS) is 12.3. The van der Waals surface area contributed by atoms with Crippen molar-refractivity contribution in [3.05, 3.63) is 56.0 Å². The number of hydrogen-bond donors (Lipinski definition) is 1. The first-order valence-electron chi connectivity index (χ1n) is 6.04. The van der Waals surface area contributed by atoms with Gasteiger partial charge >= 0.3 is 0 Å². The van der Waals surface area contributed by atoms with Crippen molar-refractivity contribution in [2.75, 3.05) is 6.54 Å². The van der Waals surface area contributed by atoms with E-state index in [4.69, 9.17) is 5.73 Å². The third-order valence-corrected chi connectivity index (χ3v) is 3.98. The van der Waals surface area contributed by atoms with Gasteiger partial charge in [-0.25, -0.2) is 4.98 Å². The van der Waals surface area contributed by atoms with Crippen LogP contribution in [0.5, 0.6) is 0 Å². The molecule has 0 aliphatic rings. The number of non-ortho nitro benzene ring substituents is 1. The number of nitrogens with zero attached hydrogens (tertiary/aromatic N) is 2. The highest BCUT2D eigenvalue weighted by atomic mass is 32.1. The molecule has 1 unspecified atom stereocenters. The summed E-state index contributed by atoms with van der Waals surface area (Å²) < 4.78 is 0. The molecule has 0 bridgehead atoms. The molecule has 1 atom stereocenters. The summed E-state index contributed by atoms with van der Waals surface area (Å²) in [5.41, 5.74) is 7.93. The van der Waals surface area contributed by atoms with Gasteiger partial charge in [-0.1, -0.05) is 19.1 Å². The fraction of sp³-hybridized carbons (Fsp3) is 0.308. The van der Waals surface area contributed by atoms with Crippen LogP contribution in [0.25, 0.3) is 0 Å². The lowest BCUT2D eigenvalue weighted by Gasteiger charge is -2.11. The van der Waals surface area contributed by atoms with Crippen LogP contribution in [0, 0.1) is 10.1 Å². The zero-order valence-electron chi connectivity index (χ0n) is 10.6. The zero-order valence-corrected chi connectivity index (χ0v) is 11.4. The van der Waals surface area contributed by atoms with Gasteiger partial charge in [0.25, 0.3) is 5.69 Å². The standard InChI is InChI=1S/C13H15N3O2S/c1-2-10-8-19-13(15-10)12(7-14)9-3-5-11(6-4-9)16(17)18/h3-6,8,12H,2,7,14H2,1H3. The van der Waals surface area contributed by atoms with E-state index in [1.54, 1.807) is 23.5 Å². The molecule has 0 saturated carbocycles. The van der Waals surface area contributed by atoms with Gasteiger partial charge in [0, 0.05) is 30.0 Å². The molecule has 0 amide bonds. The van der Waals surface area contributed by atoms with Crippen LogP contribution >= 0.6 is 11.3 Å². The molecular formula is C13H15N3O2S. The Morgan fingerprint density at radius 1 is 1.42 bits per heavy atom. The molecule has 1 aromatic carbocycles. The molecule has 19 heavy (non-hydrogen) atoms. The minimum Gasteiger partial charge on any atom is -0.329 e. The molecule has 100 valence electrons. The van der Waals surface area contributed by atoms with Crippen molar-refractivity contribution in [1.82, 2.24) is 4.98 Å². The molecular weight excluding hydrogens is 262 g/mol. The second-order valence-corrected chi connectivity index (χ2v) is 5.06. The summed E-state index contributed by atoms with van der Waals surface area (Å²) in [6, 6.07) is 6.52. The average Bonchev–Trinajstić information content (AvgIpc) is 2.89. The van der Waals surface area contributed by atoms with Crippen LogP contribution in [-0.2, 0) is 6.42 Å². The molecule has 0 spiro atoms. The first-order chi connectivity index (χ1) is 9.15. The van der Waals surface area contributed by atoms with E-state index in [0.717, 1.165) is 22.7 Å². The Morgan fingerprint density at radius 2 is 2.11 bits per heavy atom. The fourth-order valence-electron chi connectivity index (χ4n) is 1.85. The molecule has 1 aromatic heterocycles. The van der Waals surface area contributed by atoms with Crippen molar-refractivity contribution in [1.29, 1.82) is 0 Å². The van der Waals surface area contributed by atoms with Crippen molar-refractivity contribution in [3.8, 4) is 0 Å². The number of aromatic nitrogens is 1. The Balaban J connectivity index is 2.28. The van der Waals surface area contributed by atoms with E-state index in [0.29, 0.717) is 6.54 Å². The van der Waals surface area contributed by atoms with Gasteiger partial charge in [-0.15, -0.1) is 11.3 Å². The minimum atomic E-state index is -0.403. The van der Waals surface area contributed by atoms with Crippen molar-refractivity contribution < 1.29 is 4.92 Å². The van der Waals surface area contributed by atoms with Gasteiger partial charge < -0.3 is 5.73 Å². The predicted molar refractivity (Wildman–Crippen MR) is 75.5 cm³/mol. The van der Waals surface area contributed by atoms with Crippen molar-refractivity contribution in [2.45, 2.75) is 19.3 Å². The molecule has 0 aliphatic carbocycles. The van der Waals surface area contributed by atoms with E-state index in [2.05, 4.69) is 11.9 Å². The van der Waals surface area contributed by atoms with Crippen LogP contribution in [0.4, 0.5) is 5.69 Å². The number of benzene rings is 1. The average molecular weight is 277 g/mol. The summed E-state index contributed by atoms with van der Waals surface area (Å²) in [4.78, 5) is 14.8. The number of nitro groups is 1. The molecule has 5 nitrogen and oxygen atoms in total. The molecule has 6 heteroatoms. The van der Waals surface area contributed by atoms with Gasteiger partial charge in [0.1, 0.15) is 5.01 Å². The summed E-state index contributed by atoms with van der Waals surface area (Å²) in [5.74, 6) is 0.00565. The first-order valence-corrected chi connectivity index (χ1v) is 6.92. The van der Waals surface area contributed by atoms with Crippen LogP contribution in [0.1, 0.15) is 29.1 Å². The second kappa shape index (κ2) is 5.90. The highest BCUT2D eigenvalue weighted by Crippen LogP contribution is 2.28. The molecule has 1 heterocycles. The molecule has 0 radical (unpaired) electrons. The van der Waals surface area contributed by atoms with E-state index in [1.807, 2.05) is 5.38 Å². The number of nitrogens with two attached hydrogens (primary N) is 1. The van der Waals surface area contributed by atoms with E-state index < -0.39 is 4.92 Å². The Bertz CT molecular complexity index is 566. The maximum Gasteiger partial charge on any atom is 0.269 e. The third-order valence-electron chi connectivity index (χ3n) is 2.97. The van der Waals surface area contributed by atoms with Crippen molar-refractivity contribution in [2.24, 2.45) is 5.73 Å². The highest BCUT2D eigenvalue weighted by Gasteiger charge is 2.17. The maximum absolute atomic E-state index is 10.6. The van der Waals surface area contributed by atoms with E-state index in [-0.39, 0.29) is 11.6 Å². The van der Waals surface area contributed by atoms with Crippen molar-refractivity contribution in [3.63, 3.8) is 0 Å². The monoisotopic (exact) mass is 277 g/mol. The number of rotatable bonds is 5. The predicted octanol–water partition coefficient (Wildman–Crippen LogP) is 2.70. The largest absolute Gasteiger partial charge is 0.329 e. The maximum atomic E-state index is 10.6. The Morgan fingerprint density at radius 3 is 2.58 bits per heavy atom. The summed E-state index contributed by atoms with van der Waals surface area (Å²) in [7, 11) is 0. The SMILES string of the molecule is CCc1csc(C(CN)c2ccc([N+](=O)[O-])cc2)n1. The number of nitro benzene ring substituents is 1. The minimum absolute atomic E-state index is 0.00565. The summed E-state index contributed by atoms with van der Waals surface area (Å²) in [6.45, 7) is 2.50. The Kier molecular flexibility index (Phi) is 4.24. The Labute approximate surface area is 115 Å². The third kappa shape index (κ3) is 2.97. The van der Waals surface area contributed by atoms with Crippen LogP contribution in [0.15, 0.2) is 29.6 Å². The van der Waals surface area contributed by atoms with Crippen LogP contribution in [0.2, 0.25) is 0 Å². The van der Waals surface area contributed by atoms with Gasteiger partial charge in [0.15, 0.2) is 0 Å². The molecule has 2 rings (SSSR count). The number of aryl methyl sites for hydroxylation is 1. The van der Waals surface area contributed by atoms with Gasteiger partial charge in [0.05, 0.1) is 10.6 Å². The van der Waals surface area contributed by atoms with Gasteiger partial charge in [-0.05, 0) is 12.0 Å². The summed E-state index contributed by atoms with van der Waals surface area (Å²) >= 11 is 1.59. The Hall–Kier alpha value is -1.79. The first kappa shape index (κ1) is 13.6. The lowest BCUT2D eigenvalue weighted by atomic mass is 10.00. The van der Waals surface area contributed by atoms with Crippen molar-refractivity contribution >= 4 is 17.0 Å². The van der Waals surface area contributed by atoms with E-state index >= 15 is 0 Å². The smallest absolute Gasteiger partial charge is 0.269 e. The molecule has 2 aromatic rings. The second-order valence-electron chi connectivity index (χ2n) is 4.17. The molecule has 0 fully saturated rings. The zero-order chi connectivity index (χ0) is 13.8. The van der Waals surface area contributed by atoms with Gasteiger partial charge in [0.2, 0.25) is 0 Å². The van der Waals surface area contributed by atoms with Crippen LogP contribution in [0.3, 0.4) is 0 Å². The van der Waals surface area contributed by atoms with Gasteiger partial charge in [-0.2, -0.15) is 0 Å². The topological polar surface area (TPSA) is 82.0 Å². The molecule has 0 saturated heterocycles. The van der Waals surface area contributed by atoms with Crippen LogP contribution in [-0.4, -0.2) is 16.5 Å².